The summed E-state index contributed by atoms with van der Waals surface area (Å²) in [7, 11) is 0. The van der Waals surface area contributed by atoms with Gasteiger partial charge in [-0.2, -0.15) is 5.10 Å². The van der Waals surface area contributed by atoms with E-state index < -0.39 is 11.8 Å². The zero-order valence-corrected chi connectivity index (χ0v) is 23.0. The molecule has 0 aliphatic heterocycles. The van der Waals surface area contributed by atoms with Crippen LogP contribution in [0.5, 0.6) is 0 Å². The Morgan fingerprint density at radius 1 is 1.05 bits per heavy atom. The smallest absolute Gasteiger partial charge is 0.278 e. The zero-order valence-electron chi connectivity index (χ0n) is 19.9. The Morgan fingerprint density at radius 2 is 1.76 bits per heavy atom. The highest BCUT2D eigenvalue weighted by atomic mass is 35.5. The number of thiazole rings is 1. The van der Waals surface area contributed by atoms with E-state index in [1.807, 2.05) is 12.1 Å². The molecule has 38 heavy (non-hydrogen) atoms. The summed E-state index contributed by atoms with van der Waals surface area (Å²) >= 11 is 19.8. The molecule has 0 unspecified atom stereocenters. The molecule has 13 heteroatoms. The molecule has 0 saturated carbocycles. The summed E-state index contributed by atoms with van der Waals surface area (Å²) in [6, 6.07) is 12.2. The summed E-state index contributed by atoms with van der Waals surface area (Å²) in [6.45, 7) is 1.94. The van der Waals surface area contributed by atoms with Crippen molar-refractivity contribution in [2.24, 2.45) is 5.73 Å². The molecule has 4 rings (SSSR count). The van der Waals surface area contributed by atoms with Gasteiger partial charge in [0.05, 0.1) is 28.5 Å². The Kier molecular flexibility index (Phi) is 8.68. The van der Waals surface area contributed by atoms with Crippen LogP contribution in [0.4, 0.5) is 5.13 Å². The first-order chi connectivity index (χ1) is 18.1. The van der Waals surface area contributed by atoms with E-state index >= 15 is 0 Å². The summed E-state index contributed by atoms with van der Waals surface area (Å²) in [5.41, 5.74) is 8.30. The molecule has 0 aliphatic rings. The number of nitrogens with one attached hydrogen (secondary N) is 2. The Morgan fingerprint density at radius 3 is 2.45 bits per heavy atom. The molecule has 3 amide bonds. The Balaban J connectivity index is 1.60. The lowest BCUT2D eigenvalue weighted by Crippen LogP contribution is -2.29. The van der Waals surface area contributed by atoms with E-state index in [2.05, 4.69) is 20.7 Å². The summed E-state index contributed by atoms with van der Waals surface area (Å²) < 4.78 is 1.59. The number of amides is 3. The van der Waals surface area contributed by atoms with Crippen LogP contribution in [0.1, 0.15) is 28.2 Å². The van der Waals surface area contributed by atoms with Crippen LogP contribution < -0.4 is 16.4 Å². The Hall–Kier alpha value is -3.44. The number of carbonyl (C=O) groups excluding carboxylic acids is 3. The number of carbonyl (C=O) groups is 3. The summed E-state index contributed by atoms with van der Waals surface area (Å²) in [5, 5.41) is 13.3. The molecule has 0 saturated heterocycles. The molecule has 4 N–H and O–H groups in total. The van der Waals surface area contributed by atoms with Crippen LogP contribution in [0.3, 0.4) is 0 Å². The molecule has 4 aromatic rings. The van der Waals surface area contributed by atoms with Gasteiger partial charge in [-0.25, -0.2) is 9.67 Å². The van der Waals surface area contributed by atoms with Crippen molar-refractivity contribution in [1.29, 1.82) is 0 Å². The lowest BCUT2D eigenvalue weighted by atomic mass is 10.1. The van der Waals surface area contributed by atoms with Crippen LogP contribution in [0, 0.1) is 6.92 Å². The molecule has 0 radical (unpaired) electrons. The largest absolute Gasteiger partial charge is 0.370 e. The van der Waals surface area contributed by atoms with Gasteiger partial charge < -0.3 is 11.1 Å². The number of benzene rings is 2. The van der Waals surface area contributed by atoms with E-state index in [0.29, 0.717) is 42.8 Å². The first-order valence-electron chi connectivity index (χ1n) is 11.2. The number of hydrogen-bond donors (Lipinski definition) is 3. The number of rotatable bonds is 9. The molecule has 2 aromatic carbocycles. The number of aromatic nitrogens is 3. The number of anilines is 1. The van der Waals surface area contributed by atoms with Crippen molar-refractivity contribution >= 4 is 69.0 Å². The third-order valence-electron chi connectivity index (χ3n) is 5.40. The second kappa shape index (κ2) is 12.0. The number of nitrogens with zero attached hydrogens (tertiary/aromatic N) is 3. The van der Waals surface area contributed by atoms with E-state index in [0.717, 1.165) is 5.56 Å². The first-order valence-corrected chi connectivity index (χ1v) is 13.3. The molecule has 0 fully saturated rings. The van der Waals surface area contributed by atoms with Gasteiger partial charge in [0, 0.05) is 39.5 Å². The minimum Gasteiger partial charge on any atom is -0.370 e. The molecule has 0 atom stereocenters. The van der Waals surface area contributed by atoms with Crippen LogP contribution in [-0.2, 0) is 16.0 Å². The number of nitrogens with two attached hydrogens (primary N) is 1. The van der Waals surface area contributed by atoms with Gasteiger partial charge in [0.1, 0.15) is 0 Å². The average molecular weight is 592 g/mol. The fourth-order valence-electron chi connectivity index (χ4n) is 3.64. The van der Waals surface area contributed by atoms with Crippen molar-refractivity contribution in [2.75, 3.05) is 11.9 Å². The van der Waals surface area contributed by atoms with Crippen LogP contribution >= 0.6 is 46.1 Å². The van der Waals surface area contributed by atoms with Crippen molar-refractivity contribution in [3.05, 3.63) is 79.9 Å². The van der Waals surface area contributed by atoms with Gasteiger partial charge in [-0.05, 0) is 37.3 Å². The maximum absolute atomic E-state index is 13.3. The molecular weight excluding hydrogens is 571 g/mol. The monoisotopic (exact) mass is 590 g/mol. The predicted octanol–water partition coefficient (Wildman–Crippen LogP) is 5.05. The number of hydrogen-bond acceptors (Lipinski definition) is 6. The minimum absolute atomic E-state index is 0.00539. The SMILES string of the molecule is Cc1c(C(=O)Nc2nc(CC(=O)NCCC(N)=O)cs2)nn(-c2ccc(Cl)cc2Cl)c1-c1ccc(Cl)cc1. The fourth-order valence-corrected chi connectivity index (χ4v) is 4.96. The van der Waals surface area contributed by atoms with E-state index in [4.69, 9.17) is 40.5 Å². The quantitative estimate of drug-likeness (QED) is 0.251. The van der Waals surface area contributed by atoms with Crippen molar-refractivity contribution < 1.29 is 14.4 Å². The van der Waals surface area contributed by atoms with Gasteiger partial charge in [-0.3, -0.25) is 19.7 Å². The molecule has 196 valence electrons. The lowest BCUT2D eigenvalue weighted by Gasteiger charge is -2.11. The number of primary amides is 1. The van der Waals surface area contributed by atoms with E-state index in [9.17, 15) is 14.4 Å². The normalized spacial score (nSPS) is 10.8. The van der Waals surface area contributed by atoms with Crippen LogP contribution in [-0.4, -0.2) is 39.0 Å². The Bertz CT molecular complexity index is 1520. The molecular formula is C25H21Cl3N6O3S. The molecule has 0 aliphatic carbocycles. The second-order valence-corrected chi connectivity index (χ2v) is 10.3. The van der Waals surface area contributed by atoms with Crippen molar-refractivity contribution in [2.45, 2.75) is 19.8 Å². The van der Waals surface area contributed by atoms with Gasteiger partial charge >= 0.3 is 0 Å². The molecule has 0 spiro atoms. The van der Waals surface area contributed by atoms with Crippen LogP contribution in [0.25, 0.3) is 16.9 Å². The van der Waals surface area contributed by atoms with Crippen LogP contribution in [0.15, 0.2) is 47.8 Å². The van der Waals surface area contributed by atoms with Gasteiger partial charge in [0.2, 0.25) is 11.8 Å². The molecule has 0 bridgehead atoms. The highest BCUT2D eigenvalue weighted by Gasteiger charge is 2.24. The highest BCUT2D eigenvalue weighted by Crippen LogP contribution is 2.33. The lowest BCUT2D eigenvalue weighted by molar-refractivity contribution is -0.120. The van der Waals surface area contributed by atoms with E-state index in [-0.39, 0.29) is 31.0 Å². The maximum Gasteiger partial charge on any atom is 0.278 e. The van der Waals surface area contributed by atoms with E-state index in [1.54, 1.807) is 47.3 Å². The zero-order chi connectivity index (χ0) is 27.4. The summed E-state index contributed by atoms with van der Waals surface area (Å²) in [5.74, 6) is -1.29. The summed E-state index contributed by atoms with van der Waals surface area (Å²) in [6.07, 6.45) is 0.0456. The van der Waals surface area contributed by atoms with Crippen LogP contribution in [0.2, 0.25) is 15.1 Å². The predicted molar refractivity (Wildman–Crippen MR) is 149 cm³/mol. The highest BCUT2D eigenvalue weighted by molar-refractivity contribution is 7.14. The van der Waals surface area contributed by atoms with Crippen molar-refractivity contribution in [3.63, 3.8) is 0 Å². The standard InChI is InChI=1S/C25H21Cl3N6O3S/c1-13-22(24(37)32-25-31-17(12-38-25)11-21(36)30-9-8-20(29)35)33-34(19-7-6-16(27)10-18(19)28)23(13)14-2-4-15(26)5-3-14/h2-7,10,12H,8-9,11H2,1H3,(H2,29,35)(H,30,36)(H,31,32,37). The topological polar surface area (TPSA) is 132 Å². The molecule has 9 nitrogen and oxygen atoms in total. The maximum atomic E-state index is 13.3. The van der Waals surface area contributed by atoms with Gasteiger partial charge in [0.15, 0.2) is 10.8 Å². The minimum atomic E-state index is -0.501. The van der Waals surface area contributed by atoms with Gasteiger partial charge in [0.25, 0.3) is 5.91 Å². The average Bonchev–Trinajstić information content (AvgIpc) is 3.43. The number of halogens is 3. The van der Waals surface area contributed by atoms with E-state index in [1.165, 1.54) is 11.3 Å². The van der Waals surface area contributed by atoms with Crippen molar-refractivity contribution in [1.82, 2.24) is 20.1 Å². The first kappa shape index (κ1) is 27.6. The summed E-state index contributed by atoms with van der Waals surface area (Å²) in [4.78, 5) is 40.4. The van der Waals surface area contributed by atoms with Gasteiger partial charge in [-0.1, -0.05) is 46.9 Å². The fraction of sp³-hybridized carbons (Fsp3) is 0.160. The third-order valence-corrected chi connectivity index (χ3v) is 7.00. The second-order valence-electron chi connectivity index (χ2n) is 8.18. The Labute approximate surface area is 236 Å². The molecule has 2 heterocycles. The van der Waals surface area contributed by atoms with Gasteiger partial charge in [-0.15, -0.1) is 11.3 Å². The third kappa shape index (κ3) is 6.51. The van der Waals surface area contributed by atoms with Crippen molar-refractivity contribution in [3.8, 4) is 16.9 Å². The molecule has 2 aromatic heterocycles.